The van der Waals surface area contributed by atoms with E-state index in [1.807, 2.05) is 0 Å². The molecule has 0 aliphatic carbocycles. The predicted molar refractivity (Wildman–Crippen MR) is 63.4 cm³/mol. The average molecular weight is 188 g/mol. The van der Waals surface area contributed by atoms with Crippen molar-refractivity contribution in [2.24, 2.45) is 0 Å². The van der Waals surface area contributed by atoms with Crippen LogP contribution in [0.25, 0.3) is 0 Å². The summed E-state index contributed by atoms with van der Waals surface area (Å²) in [5.41, 5.74) is 1.46. The van der Waals surface area contributed by atoms with Gasteiger partial charge in [-0.25, -0.2) is 0 Å². The Morgan fingerprint density at radius 1 is 1.00 bits per heavy atom. The van der Waals surface area contributed by atoms with Gasteiger partial charge in [-0.05, 0) is 37.7 Å². The molecule has 0 aliphatic rings. The molecule has 0 spiro atoms. The smallest absolute Gasteiger partial charge is 0.0279 e. The maximum absolute atomic E-state index is 2.30. The molecule has 1 aromatic rings. The first-order valence-electron chi connectivity index (χ1n) is 5.62. The van der Waals surface area contributed by atoms with E-state index in [0.717, 1.165) is 0 Å². The Kier molecular flexibility index (Phi) is 5.81. The van der Waals surface area contributed by atoms with Crippen LogP contribution in [0.5, 0.6) is 0 Å². The number of rotatable bonds is 6. The van der Waals surface area contributed by atoms with Crippen LogP contribution in [0.3, 0.4) is 0 Å². The highest BCUT2D eigenvalue weighted by molar-refractivity contribution is 5.14. The predicted octanol–water partition coefficient (Wildman–Crippen LogP) is 4.37. The molecule has 76 valence electrons. The Labute approximate surface area is 87.7 Å². The highest BCUT2D eigenvalue weighted by atomic mass is 14.0. The Morgan fingerprint density at radius 3 is 2.50 bits per heavy atom. The first-order chi connectivity index (χ1) is 6.93. The van der Waals surface area contributed by atoms with Gasteiger partial charge in [0.05, 0.1) is 0 Å². The SMILES string of the molecule is CCC=CCCCCc1ccccc1. The van der Waals surface area contributed by atoms with Gasteiger partial charge in [-0.2, -0.15) is 0 Å². The van der Waals surface area contributed by atoms with Gasteiger partial charge in [0, 0.05) is 0 Å². The third-order valence-corrected chi connectivity index (χ3v) is 2.33. The molecule has 0 fully saturated rings. The summed E-state index contributed by atoms with van der Waals surface area (Å²) in [6, 6.07) is 10.7. The van der Waals surface area contributed by atoms with E-state index in [1.165, 1.54) is 37.7 Å². The van der Waals surface area contributed by atoms with E-state index in [1.54, 1.807) is 0 Å². The molecule has 0 aliphatic heterocycles. The second kappa shape index (κ2) is 7.37. The number of unbranched alkanes of at least 4 members (excludes halogenated alkanes) is 2. The van der Waals surface area contributed by atoms with Crippen LogP contribution in [0.15, 0.2) is 42.5 Å². The fraction of sp³-hybridized carbons (Fsp3) is 0.429. The van der Waals surface area contributed by atoms with Gasteiger partial charge < -0.3 is 0 Å². The van der Waals surface area contributed by atoms with Gasteiger partial charge in [0.1, 0.15) is 0 Å². The zero-order valence-electron chi connectivity index (χ0n) is 9.08. The molecule has 0 saturated carbocycles. The average Bonchev–Trinajstić information content (AvgIpc) is 2.25. The second-order valence-corrected chi connectivity index (χ2v) is 3.61. The Morgan fingerprint density at radius 2 is 1.79 bits per heavy atom. The van der Waals surface area contributed by atoms with E-state index in [0.29, 0.717) is 0 Å². The molecule has 0 heteroatoms. The van der Waals surface area contributed by atoms with E-state index in [-0.39, 0.29) is 0 Å². The topological polar surface area (TPSA) is 0 Å². The van der Waals surface area contributed by atoms with Crippen LogP contribution in [0.1, 0.15) is 38.2 Å². The molecule has 0 aromatic heterocycles. The molecule has 0 bridgehead atoms. The van der Waals surface area contributed by atoms with Gasteiger partial charge in [-0.15, -0.1) is 0 Å². The van der Waals surface area contributed by atoms with E-state index < -0.39 is 0 Å². The molecule has 14 heavy (non-hydrogen) atoms. The summed E-state index contributed by atoms with van der Waals surface area (Å²) in [7, 11) is 0. The monoisotopic (exact) mass is 188 g/mol. The molecule has 0 atom stereocenters. The molecule has 1 aromatic carbocycles. The fourth-order valence-corrected chi connectivity index (χ4v) is 1.52. The van der Waals surface area contributed by atoms with Crippen LogP contribution < -0.4 is 0 Å². The lowest BCUT2D eigenvalue weighted by Crippen LogP contribution is -1.83. The minimum atomic E-state index is 1.17. The van der Waals surface area contributed by atoms with Gasteiger partial charge in [-0.3, -0.25) is 0 Å². The van der Waals surface area contributed by atoms with Crippen molar-refractivity contribution in [1.82, 2.24) is 0 Å². The van der Waals surface area contributed by atoms with Gasteiger partial charge in [0.25, 0.3) is 0 Å². The second-order valence-electron chi connectivity index (χ2n) is 3.61. The molecule has 0 radical (unpaired) electrons. The summed E-state index contributed by atoms with van der Waals surface area (Å²) in [4.78, 5) is 0. The zero-order valence-corrected chi connectivity index (χ0v) is 9.08. The molecular formula is C14H20. The van der Waals surface area contributed by atoms with E-state index in [2.05, 4.69) is 49.4 Å². The zero-order chi connectivity index (χ0) is 10.1. The summed E-state index contributed by atoms with van der Waals surface area (Å²) in [6.45, 7) is 2.18. The van der Waals surface area contributed by atoms with E-state index in [4.69, 9.17) is 0 Å². The maximum atomic E-state index is 2.30. The van der Waals surface area contributed by atoms with E-state index >= 15 is 0 Å². The minimum Gasteiger partial charge on any atom is -0.0888 e. The molecule has 0 heterocycles. The Bertz CT molecular complexity index is 246. The third kappa shape index (κ3) is 4.86. The summed E-state index contributed by atoms with van der Waals surface area (Å²) < 4.78 is 0. The highest BCUT2D eigenvalue weighted by Crippen LogP contribution is 2.06. The van der Waals surface area contributed by atoms with Crippen molar-refractivity contribution in [3.05, 3.63) is 48.0 Å². The van der Waals surface area contributed by atoms with Gasteiger partial charge in [0.15, 0.2) is 0 Å². The van der Waals surface area contributed by atoms with Crippen molar-refractivity contribution in [3.8, 4) is 0 Å². The number of hydrogen-bond donors (Lipinski definition) is 0. The molecule has 0 saturated heterocycles. The van der Waals surface area contributed by atoms with Crippen molar-refractivity contribution >= 4 is 0 Å². The van der Waals surface area contributed by atoms with Gasteiger partial charge in [0.2, 0.25) is 0 Å². The third-order valence-electron chi connectivity index (χ3n) is 2.33. The number of benzene rings is 1. The number of allylic oxidation sites excluding steroid dienone is 2. The molecule has 0 amide bonds. The van der Waals surface area contributed by atoms with Crippen LogP contribution in [0.4, 0.5) is 0 Å². The van der Waals surface area contributed by atoms with Crippen LogP contribution >= 0.6 is 0 Å². The standard InChI is InChI=1S/C14H20/c1-2-3-4-5-6-8-11-14-12-9-7-10-13-14/h3-4,7,9-10,12-13H,2,5-6,8,11H2,1H3. The van der Waals surface area contributed by atoms with E-state index in [9.17, 15) is 0 Å². The summed E-state index contributed by atoms with van der Waals surface area (Å²) in [6.07, 6.45) is 10.8. The molecule has 0 nitrogen and oxygen atoms in total. The van der Waals surface area contributed by atoms with Gasteiger partial charge in [-0.1, -0.05) is 49.4 Å². The van der Waals surface area contributed by atoms with Crippen LogP contribution in [0, 0.1) is 0 Å². The van der Waals surface area contributed by atoms with Crippen molar-refractivity contribution < 1.29 is 0 Å². The lowest BCUT2D eigenvalue weighted by molar-refractivity contribution is 0.746. The highest BCUT2D eigenvalue weighted by Gasteiger charge is 1.90. The molecular weight excluding hydrogens is 168 g/mol. The first-order valence-corrected chi connectivity index (χ1v) is 5.62. The normalized spacial score (nSPS) is 10.9. The lowest BCUT2D eigenvalue weighted by atomic mass is 10.1. The van der Waals surface area contributed by atoms with Crippen molar-refractivity contribution in [3.63, 3.8) is 0 Å². The molecule has 1 rings (SSSR count). The minimum absolute atomic E-state index is 1.17. The lowest BCUT2D eigenvalue weighted by Gasteiger charge is -1.99. The summed E-state index contributed by atoms with van der Waals surface area (Å²) >= 11 is 0. The summed E-state index contributed by atoms with van der Waals surface area (Å²) in [5.74, 6) is 0. The largest absolute Gasteiger partial charge is 0.0888 e. The van der Waals surface area contributed by atoms with Crippen LogP contribution in [-0.2, 0) is 6.42 Å². The summed E-state index contributed by atoms with van der Waals surface area (Å²) in [5, 5.41) is 0. The first kappa shape index (κ1) is 11.0. The Hall–Kier alpha value is -1.04. The van der Waals surface area contributed by atoms with Crippen molar-refractivity contribution in [1.29, 1.82) is 0 Å². The Balaban J connectivity index is 2.07. The molecule has 0 N–H and O–H groups in total. The van der Waals surface area contributed by atoms with Crippen LogP contribution in [-0.4, -0.2) is 0 Å². The number of hydrogen-bond acceptors (Lipinski definition) is 0. The maximum Gasteiger partial charge on any atom is -0.0279 e. The van der Waals surface area contributed by atoms with Crippen molar-refractivity contribution in [2.45, 2.75) is 39.0 Å². The number of aryl methyl sites for hydroxylation is 1. The molecule has 0 unspecified atom stereocenters. The van der Waals surface area contributed by atoms with Crippen LogP contribution in [0.2, 0.25) is 0 Å². The van der Waals surface area contributed by atoms with Crippen molar-refractivity contribution in [2.75, 3.05) is 0 Å². The quantitative estimate of drug-likeness (QED) is 0.459. The fourth-order valence-electron chi connectivity index (χ4n) is 1.52. The van der Waals surface area contributed by atoms with Gasteiger partial charge >= 0.3 is 0 Å².